The molecule has 0 heterocycles. The van der Waals surface area contributed by atoms with Gasteiger partial charge in [0.2, 0.25) is 0 Å². The van der Waals surface area contributed by atoms with E-state index in [2.05, 4.69) is 90.7 Å². The summed E-state index contributed by atoms with van der Waals surface area (Å²) in [6.45, 7) is 0. The molecule has 0 saturated carbocycles. The number of rotatable bonds is 4. The fourth-order valence-corrected chi connectivity index (χ4v) is 22.2. The second-order valence-corrected chi connectivity index (χ2v) is 27.7. The molecule has 3 aromatic carbocycles. The first-order valence-corrected chi connectivity index (χ1v) is 19.7. The van der Waals surface area contributed by atoms with Gasteiger partial charge in [-0.25, -0.2) is 0 Å². The van der Waals surface area contributed by atoms with Crippen molar-refractivity contribution in [2.45, 2.75) is 0 Å². The Morgan fingerprint density at radius 1 is 0.652 bits per heavy atom. The number of hydrogen-bond donors (Lipinski definition) is 0. The van der Waals surface area contributed by atoms with Gasteiger partial charge in [0.1, 0.15) is 0 Å². The van der Waals surface area contributed by atoms with Crippen LogP contribution in [-0.2, 0) is 0 Å². The Kier molecular flexibility index (Phi) is 4.83. The van der Waals surface area contributed by atoms with Gasteiger partial charge < -0.3 is 0 Å². The van der Waals surface area contributed by atoms with Crippen molar-refractivity contribution >= 4 is 55.9 Å². The Balaban J connectivity index is 2.49. The fourth-order valence-electron chi connectivity index (χ4n) is 3.01. The van der Waals surface area contributed by atoms with Crippen LogP contribution in [-0.4, -0.2) is 20.2 Å². The molecule has 4 heteroatoms. The quantitative estimate of drug-likeness (QED) is 0.311. The van der Waals surface area contributed by atoms with Crippen LogP contribution in [0, 0.1) is 0 Å². The third kappa shape index (κ3) is 2.72. The van der Waals surface area contributed by atoms with Crippen LogP contribution in [0.3, 0.4) is 0 Å². The number of benzene rings is 3. The molecule has 0 bridgehead atoms. The Labute approximate surface area is 149 Å². The third-order valence-corrected chi connectivity index (χ3v) is 28.5. The molecule has 1 nitrogen and oxygen atoms in total. The number of hydrogen-bond acceptors (Lipinski definition) is 2. The van der Waals surface area contributed by atoms with E-state index in [1.54, 1.807) is 0 Å². The van der Waals surface area contributed by atoms with E-state index in [4.69, 9.17) is 15.4 Å². The van der Waals surface area contributed by atoms with Gasteiger partial charge in [-0.2, -0.15) is 0 Å². The molecule has 0 aliphatic heterocycles. The predicted octanol–water partition coefficient (Wildman–Crippen LogP) is 3.60. The van der Waals surface area contributed by atoms with Gasteiger partial charge in [0.25, 0.3) is 0 Å². The van der Waals surface area contributed by atoms with E-state index in [0.29, 0.717) is 0 Å². The van der Waals surface area contributed by atoms with Crippen LogP contribution < -0.4 is 10.7 Å². The SMILES string of the molecule is S=C=[N][Sn-]([Br])([c]1ccccc1)([c]1ccccc1)[c]1ccccc1. The second kappa shape index (κ2) is 6.70. The van der Waals surface area contributed by atoms with Gasteiger partial charge in [-0.3, -0.25) is 0 Å². The van der Waals surface area contributed by atoms with Crippen molar-refractivity contribution < 1.29 is 0 Å². The van der Waals surface area contributed by atoms with Crippen molar-refractivity contribution in [1.29, 1.82) is 0 Å². The predicted molar refractivity (Wildman–Crippen MR) is 108 cm³/mol. The zero-order chi connectivity index (χ0) is 16.2. The van der Waals surface area contributed by atoms with Gasteiger partial charge in [0.15, 0.2) is 0 Å². The van der Waals surface area contributed by atoms with Crippen LogP contribution >= 0.6 is 24.9 Å². The average molecular weight is 488 g/mol. The summed E-state index contributed by atoms with van der Waals surface area (Å²) < 4.78 is 8.44. The normalized spacial score (nSPS) is 12.7. The molecular formula is C19H15BrNSSn-. The van der Waals surface area contributed by atoms with Gasteiger partial charge in [-0.15, -0.1) is 0 Å². The van der Waals surface area contributed by atoms with Crippen molar-refractivity contribution in [3.63, 3.8) is 0 Å². The van der Waals surface area contributed by atoms with Crippen LogP contribution in [0.2, 0.25) is 0 Å². The van der Waals surface area contributed by atoms with Gasteiger partial charge in [-0.1, -0.05) is 0 Å². The number of nitrogens with zero attached hydrogens (tertiary/aromatic N) is 1. The molecule has 3 rings (SSSR count). The molecule has 0 N–H and O–H groups in total. The van der Waals surface area contributed by atoms with E-state index in [1.807, 2.05) is 18.2 Å². The molecule has 23 heavy (non-hydrogen) atoms. The number of halogens is 1. The summed E-state index contributed by atoms with van der Waals surface area (Å²) in [6, 6.07) is 31.2. The van der Waals surface area contributed by atoms with E-state index in [0.717, 1.165) is 0 Å². The Hall–Kier alpha value is -1.26. The monoisotopic (exact) mass is 488 g/mol. The van der Waals surface area contributed by atoms with Crippen LogP contribution in [0.1, 0.15) is 0 Å². The van der Waals surface area contributed by atoms with Crippen LogP contribution in [0.15, 0.2) is 94.2 Å². The van der Waals surface area contributed by atoms with Crippen LogP contribution in [0.25, 0.3) is 0 Å². The molecule has 0 aromatic heterocycles. The van der Waals surface area contributed by atoms with E-state index >= 15 is 0 Å². The maximum atomic E-state index is 5.08. The first-order chi connectivity index (χ1) is 11.2. The summed E-state index contributed by atoms with van der Waals surface area (Å²) in [5, 5.41) is 2.70. The summed E-state index contributed by atoms with van der Waals surface area (Å²) in [6.07, 6.45) is 0. The average Bonchev–Trinajstić information content (AvgIpc) is 2.64. The van der Waals surface area contributed by atoms with Gasteiger partial charge in [0, 0.05) is 0 Å². The van der Waals surface area contributed by atoms with E-state index in [9.17, 15) is 0 Å². The summed E-state index contributed by atoms with van der Waals surface area (Å²) in [5.74, 6) is 0. The summed E-state index contributed by atoms with van der Waals surface area (Å²) in [5.41, 5.74) is 0. The Bertz CT molecular complexity index is 747. The molecule has 0 unspecified atom stereocenters. The first kappa shape index (κ1) is 16.6. The van der Waals surface area contributed by atoms with Gasteiger partial charge >= 0.3 is 150 Å². The number of thiocarbonyl (C=S) groups is 1. The fraction of sp³-hybridized carbons (Fsp3) is 0. The standard InChI is InChI=1S/3C6H5.CNS.BrH.Sn/c3*1-2-4-6-5-3-1;2-1-3;;/h3*1-5H;;1H;/q;;;-1;;+1/p-1. The Morgan fingerprint density at radius 2 is 0.957 bits per heavy atom. The van der Waals surface area contributed by atoms with Crippen LogP contribution in [0.5, 0.6) is 0 Å². The maximum absolute atomic E-state index is 5.08. The molecule has 3 aromatic rings. The van der Waals surface area contributed by atoms with Crippen molar-refractivity contribution in [2.24, 2.45) is 3.21 Å². The molecule has 0 saturated heterocycles. The molecular weight excluding hydrogens is 473 g/mol. The van der Waals surface area contributed by atoms with E-state index in [1.165, 1.54) is 10.7 Å². The third-order valence-electron chi connectivity index (χ3n) is 4.16. The molecule has 0 spiro atoms. The van der Waals surface area contributed by atoms with Crippen molar-refractivity contribution in [3.8, 4) is 0 Å². The zero-order valence-electron chi connectivity index (χ0n) is 12.4. The van der Waals surface area contributed by atoms with E-state index in [-0.39, 0.29) is 0 Å². The molecule has 0 radical (unpaired) electrons. The zero-order valence-corrected chi connectivity index (χ0v) is 17.7. The summed E-state index contributed by atoms with van der Waals surface area (Å²) in [7, 11) is 0. The van der Waals surface area contributed by atoms with Gasteiger partial charge in [0.05, 0.1) is 0 Å². The summed E-state index contributed by atoms with van der Waals surface area (Å²) >= 11 is 4.93. The van der Waals surface area contributed by atoms with Gasteiger partial charge in [-0.05, 0) is 0 Å². The molecule has 114 valence electrons. The Morgan fingerprint density at radius 3 is 1.22 bits per heavy atom. The minimum absolute atomic E-state index is 1.18. The van der Waals surface area contributed by atoms with E-state index < -0.39 is 15.0 Å². The molecule has 0 fully saturated rings. The van der Waals surface area contributed by atoms with Crippen molar-refractivity contribution in [3.05, 3.63) is 91.0 Å². The first-order valence-electron chi connectivity index (χ1n) is 7.32. The topological polar surface area (TPSA) is 12.4 Å². The molecule has 0 atom stereocenters. The number of isothiocyanates is 1. The molecule has 0 amide bonds. The summed E-state index contributed by atoms with van der Waals surface area (Å²) in [4.78, 5) is 0. The molecule has 0 aliphatic rings. The second-order valence-electron chi connectivity index (χ2n) is 5.38. The van der Waals surface area contributed by atoms with Crippen molar-refractivity contribution in [2.75, 3.05) is 0 Å². The van der Waals surface area contributed by atoms with Crippen LogP contribution in [0.4, 0.5) is 0 Å². The molecule has 0 aliphatic carbocycles. The minimum atomic E-state index is -4.34. The van der Waals surface area contributed by atoms with Crippen molar-refractivity contribution in [1.82, 2.24) is 0 Å².